The second kappa shape index (κ2) is 15.2. The lowest BCUT2D eigenvalue weighted by Crippen LogP contribution is -2.70. The zero-order chi connectivity index (χ0) is 40.7. The van der Waals surface area contributed by atoms with Crippen molar-refractivity contribution in [1.82, 2.24) is 0 Å². The molecule has 7 fully saturated rings. The summed E-state index contributed by atoms with van der Waals surface area (Å²) in [6, 6.07) is 0. The molecule has 2 spiro atoms. The number of carbonyl (C=O) groups excluding carboxylic acids is 3. The molecule has 14 nitrogen and oxygen atoms in total. The minimum atomic E-state index is -1.21. The van der Waals surface area contributed by atoms with E-state index in [0.717, 1.165) is 32.1 Å². The molecule has 0 radical (unpaired) electrons. The van der Waals surface area contributed by atoms with Gasteiger partial charge in [-0.25, -0.2) is 4.79 Å². The zero-order valence-corrected chi connectivity index (χ0v) is 34.7. The number of rotatable bonds is 10. The molecule has 7 aliphatic rings. The Morgan fingerprint density at radius 1 is 0.804 bits per heavy atom. The van der Waals surface area contributed by atoms with Crippen LogP contribution in [0.3, 0.4) is 0 Å². The highest BCUT2D eigenvalue weighted by Crippen LogP contribution is 2.81. The number of fused-ring (bicyclic) bond motifs is 2. The number of aliphatic hydroxyl groups is 2. The van der Waals surface area contributed by atoms with Crippen molar-refractivity contribution in [2.45, 2.75) is 192 Å². The minimum Gasteiger partial charge on any atom is -0.458 e. The molecule has 7 rings (SSSR count). The predicted octanol–water partition coefficient (Wildman–Crippen LogP) is 3.94. The quantitative estimate of drug-likeness (QED) is 0.141. The van der Waals surface area contributed by atoms with Crippen LogP contribution in [0.4, 0.5) is 0 Å². The molecule has 56 heavy (non-hydrogen) atoms. The molecule has 4 aliphatic carbocycles. The number of Topliss-reactive ketones (excluding diaryl/α,β-unsaturated/α-hetero) is 1. The van der Waals surface area contributed by atoms with Crippen LogP contribution in [0, 0.1) is 28.6 Å². The maximum atomic E-state index is 13.7. The van der Waals surface area contributed by atoms with Gasteiger partial charge in [-0.05, 0) is 90.9 Å². The highest BCUT2D eigenvalue weighted by Gasteiger charge is 2.91. The molecule has 0 aromatic rings. The SMILES string of the molecule is C/C=C(\C)C(=O)O[C@@H]1[C@@H](OC(C)=O)[C@]2(C)[C@@H](C(C)=O)CC[C@@]23O[C@]32CC[C@H]3C[C@@H](O[C@H]4C[C@@H](OC)[C@H](O[C@@H]5O[C@H](C)[C@@H](O)[C@@H](OC)[C@H]5O)[C@@H](C)O4)CC[C@]3(C)[C@@H]12. The zero-order valence-electron chi connectivity index (χ0n) is 34.7. The summed E-state index contributed by atoms with van der Waals surface area (Å²) >= 11 is 0. The Hall–Kier alpha value is -2.01. The van der Waals surface area contributed by atoms with Gasteiger partial charge in [0.05, 0.1) is 24.4 Å². The fourth-order valence-electron chi connectivity index (χ4n) is 12.6. The number of hydrogen-bond donors (Lipinski definition) is 2. The average molecular weight is 793 g/mol. The Labute approximate surface area is 330 Å². The third kappa shape index (κ3) is 6.34. The van der Waals surface area contributed by atoms with Gasteiger partial charge in [-0.2, -0.15) is 0 Å². The van der Waals surface area contributed by atoms with E-state index in [1.165, 1.54) is 14.0 Å². The summed E-state index contributed by atoms with van der Waals surface area (Å²) in [5.74, 6) is -1.41. The van der Waals surface area contributed by atoms with Crippen LogP contribution >= 0.6 is 0 Å². The maximum absolute atomic E-state index is 13.7. The molecule has 3 heterocycles. The molecule has 0 aromatic carbocycles. The molecule has 316 valence electrons. The van der Waals surface area contributed by atoms with Gasteiger partial charge in [0.25, 0.3) is 0 Å². The fraction of sp³-hybridized carbons (Fsp3) is 0.881. The largest absolute Gasteiger partial charge is 0.458 e. The van der Waals surface area contributed by atoms with E-state index in [2.05, 4.69) is 6.92 Å². The summed E-state index contributed by atoms with van der Waals surface area (Å²) in [5.41, 5.74) is -2.04. The van der Waals surface area contributed by atoms with Gasteiger partial charge in [0.1, 0.15) is 53.6 Å². The van der Waals surface area contributed by atoms with E-state index < -0.39 is 102 Å². The molecule has 3 aliphatic heterocycles. The first-order valence-electron chi connectivity index (χ1n) is 20.7. The molecule has 3 saturated heterocycles. The number of ketones is 1. The number of methoxy groups -OCH3 is 2. The minimum absolute atomic E-state index is 0.0276. The fourth-order valence-corrected chi connectivity index (χ4v) is 12.6. The first-order chi connectivity index (χ1) is 26.4. The highest BCUT2D eigenvalue weighted by atomic mass is 16.7. The van der Waals surface area contributed by atoms with E-state index in [9.17, 15) is 24.6 Å². The van der Waals surface area contributed by atoms with Crippen LogP contribution in [0.25, 0.3) is 0 Å². The molecule has 0 unspecified atom stereocenters. The van der Waals surface area contributed by atoms with Crippen LogP contribution in [0.1, 0.15) is 107 Å². The van der Waals surface area contributed by atoms with Crippen LogP contribution < -0.4 is 0 Å². The molecular weight excluding hydrogens is 728 g/mol. The van der Waals surface area contributed by atoms with E-state index >= 15 is 0 Å². The molecule has 19 atom stereocenters. The Morgan fingerprint density at radius 3 is 2.18 bits per heavy atom. The Morgan fingerprint density at radius 2 is 1.54 bits per heavy atom. The smallest absolute Gasteiger partial charge is 0.333 e. The van der Waals surface area contributed by atoms with Crippen molar-refractivity contribution < 1.29 is 67.2 Å². The first-order valence-corrected chi connectivity index (χ1v) is 20.7. The number of allylic oxidation sites excluding steroid dienone is 1. The van der Waals surface area contributed by atoms with E-state index in [1.807, 2.05) is 13.8 Å². The molecular formula is C42H64O14. The molecule has 2 N–H and O–H groups in total. The first kappa shape index (κ1) is 42.1. The predicted molar refractivity (Wildman–Crippen MR) is 198 cm³/mol. The molecule has 0 amide bonds. The second-order valence-electron chi connectivity index (χ2n) is 18.2. The van der Waals surface area contributed by atoms with Gasteiger partial charge in [0.2, 0.25) is 0 Å². The summed E-state index contributed by atoms with van der Waals surface area (Å²) < 4.78 is 56.4. The van der Waals surface area contributed by atoms with Crippen molar-refractivity contribution in [3.63, 3.8) is 0 Å². The van der Waals surface area contributed by atoms with Gasteiger partial charge in [0, 0.05) is 50.4 Å². The summed E-state index contributed by atoms with van der Waals surface area (Å²) in [7, 11) is 3.04. The van der Waals surface area contributed by atoms with Crippen LogP contribution in [0.5, 0.6) is 0 Å². The van der Waals surface area contributed by atoms with E-state index in [0.29, 0.717) is 24.8 Å². The van der Waals surface area contributed by atoms with Gasteiger partial charge in [0.15, 0.2) is 12.6 Å². The third-order valence-corrected chi connectivity index (χ3v) is 15.6. The monoisotopic (exact) mass is 792 g/mol. The number of hydrogen-bond acceptors (Lipinski definition) is 14. The summed E-state index contributed by atoms with van der Waals surface area (Å²) in [6.45, 7) is 14.4. The summed E-state index contributed by atoms with van der Waals surface area (Å²) in [6.07, 6.45) is -1.32. The van der Waals surface area contributed by atoms with Gasteiger partial charge in [-0.1, -0.05) is 19.9 Å². The van der Waals surface area contributed by atoms with Crippen molar-refractivity contribution in [2.24, 2.45) is 28.6 Å². The van der Waals surface area contributed by atoms with Gasteiger partial charge in [-0.3, -0.25) is 9.59 Å². The molecule has 0 bridgehead atoms. The summed E-state index contributed by atoms with van der Waals surface area (Å²) in [4.78, 5) is 39.8. The second-order valence-corrected chi connectivity index (χ2v) is 18.2. The Balaban J connectivity index is 1.10. The van der Waals surface area contributed by atoms with Gasteiger partial charge >= 0.3 is 11.9 Å². The van der Waals surface area contributed by atoms with Crippen molar-refractivity contribution in [3.8, 4) is 0 Å². The standard InChI is InChI=1S/C42H64O14/c1-11-20(2)37(47)54-34-35-39(7)15-13-26(53-29-19-28(48-9)32(23(5)50-29)55-38-31(46)33(49-10)30(45)22(4)51-38)18-25(39)12-16-41(35)42(56-41)17-14-27(21(3)43)40(42,8)36(34)52-24(6)44/h11,22-23,25-36,38,45-46H,12-19H2,1-10H3/b20-11+/t22-,23-,25+,26+,27-,28-,29+,30-,31-,32-,33-,34+,35-,36-,38+,39+,40+,41+,42-/m1/s1. The number of carbonyl (C=O) groups is 3. The third-order valence-electron chi connectivity index (χ3n) is 15.6. The van der Waals surface area contributed by atoms with E-state index in [-0.39, 0.29) is 29.1 Å². The van der Waals surface area contributed by atoms with Crippen molar-refractivity contribution in [3.05, 3.63) is 11.6 Å². The number of ether oxygens (including phenoxy) is 9. The van der Waals surface area contributed by atoms with Gasteiger partial charge < -0.3 is 52.8 Å². The lowest BCUT2D eigenvalue weighted by atomic mass is 9.43. The van der Waals surface area contributed by atoms with Crippen LogP contribution in [0.2, 0.25) is 0 Å². The lowest BCUT2D eigenvalue weighted by Gasteiger charge is -2.61. The highest BCUT2D eigenvalue weighted by molar-refractivity contribution is 5.88. The molecule has 4 saturated carbocycles. The Kier molecular flexibility index (Phi) is 11.5. The average Bonchev–Trinajstić information content (AvgIpc) is 3.70. The maximum Gasteiger partial charge on any atom is 0.333 e. The topological polar surface area (TPSA) is 178 Å². The lowest BCUT2D eigenvalue weighted by molar-refractivity contribution is -0.343. The Bertz CT molecular complexity index is 1550. The van der Waals surface area contributed by atoms with Crippen LogP contribution in [-0.2, 0) is 57.0 Å². The van der Waals surface area contributed by atoms with Crippen molar-refractivity contribution in [2.75, 3.05) is 14.2 Å². The van der Waals surface area contributed by atoms with E-state index in [4.69, 9.17) is 42.6 Å². The van der Waals surface area contributed by atoms with E-state index in [1.54, 1.807) is 40.9 Å². The molecule has 0 aromatic heterocycles. The van der Waals surface area contributed by atoms with Crippen LogP contribution in [-0.4, -0.2) is 127 Å². The normalized spacial score (nSPS) is 51.1. The number of esters is 2. The van der Waals surface area contributed by atoms with Gasteiger partial charge in [-0.15, -0.1) is 0 Å². The number of epoxide rings is 1. The van der Waals surface area contributed by atoms with Crippen molar-refractivity contribution >= 4 is 17.7 Å². The molecule has 14 heteroatoms. The summed E-state index contributed by atoms with van der Waals surface area (Å²) in [5, 5.41) is 21.3. The number of aliphatic hydroxyl groups excluding tert-OH is 2. The van der Waals surface area contributed by atoms with Crippen LogP contribution in [0.15, 0.2) is 11.6 Å². The van der Waals surface area contributed by atoms with Crippen molar-refractivity contribution in [1.29, 1.82) is 0 Å².